The zero-order valence-corrected chi connectivity index (χ0v) is 57.4. The molecule has 21 atom stereocenters. The van der Waals surface area contributed by atoms with Gasteiger partial charge < -0.3 is 96.1 Å². The molecule has 13 aliphatic rings. The molecule has 0 unspecified atom stereocenters. The quantitative estimate of drug-likeness (QED) is 0.0475. The maximum absolute atomic E-state index is 15.9. The van der Waals surface area contributed by atoms with Crippen molar-refractivity contribution in [3.8, 4) is 23.3 Å². The molecule has 0 aromatic heterocycles. The fourth-order valence-electron chi connectivity index (χ4n) is 20.6. The van der Waals surface area contributed by atoms with E-state index in [1.807, 2.05) is 36.2 Å². The molecule has 8 aliphatic heterocycles. The van der Waals surface area contributed by atoms with Crippen LogP contribution in [0.5, 0.6) is 11.5 Å². The van der Waals surface area contributed by atoms with Crippen molar-refractivity contribution in [3.05, 3.63) is 156 Å². The molecule has 4 aromatic carbocycles. The zero-order valence-electron chi connectivity index (χ0n) is 57.4. The Morgan fingerprint density at radius 2 is 1.78 bits per heavy atom. The molecule has 17 N–H and O–H groups in total. The Morgan fingerprint density at radius 3 is 2.60 bits per heavy atom. The lowest BCUT2D eigenvalue weighted by atomic mass is 9.52. The van der Waals surface area contributed by atoms with Gasteiger partial charge in [0.05, 0.1) is 74.3 Å². The molecule has 4 saturated heterocycles. The molecule has 544 valence electrons. The van der Waals surface area contributed by atoms with E-state index in [9.17, 15) is 45.3 Å². The first-order chi connectivity index (χ1) is 50.0. The third-order valence-electron chi connectivity index (χ3n) is 25.2. The summed E-state index contributed by atoms with van der Waals surface area (Å²) in [6, 6.07) is 16.9. The monoisotopic (exact) mass is 1410 g/mol. The minimum atomic E-state index is -2.59. The van der Waals surface area contributed by atoms with Crippen LogP contribution >= 0.6 is 0 Å². The topological polar surface area (TPSA) is 384 Å². The lowest BCUT2D eigenvalue weighted by molar-refractivity contribution is -0.311. The summed E-state index contributed by atoms with van der Waals surface area (Å²) in [7, 11) is 1.91. The van der Waals surface area contributed by atoms with Crippen molar-refractivity contribution in [2.45, 2.75) is 181 Å². The number of anilines is 1. The Balaban J connectivity index is 0.947. The van der Waals surface area contributed by atoms with Gasteiger partial charge in [0.2, 0.25) is 12.2 Å². The van der Waals surface area contributed by atoms with Gasteiger partial charge in [-0.2, -0.15) is 0 Å². The Hall–Kier alpha value is -7.46. The average Bonchev–Trinajstić information content (AvgIpc) is 1.52. The molecule has 25 nitrogen and oxygen atoms in total. The summed E-state index contributed by atoms with van der Waals surface area (Å²) in [4.78, 5) is 59.6. The second kappa shape index (κ2) is 26.8. The van der Waals surface area contributed by atoms with Gasteiger partial charge in [-0.3, -0.25) is 30.8 Å². The van der Waals surface area contributed by atoms with Gasteiger partial charge >= 0.3 is 0 Å². The summed E-state index contributed by atoms with van der Waals surface area (Å²) in [6.45, 7) is -1.52. The number of nitrogens with two attached hydrogens (primary N) is 2. The van der Waals surface area contributed by atoms with E-state index in [1.165, 1.54) is 12.1 Å². The van der Waals surface area contributed by atoms with Crippen LogP contribution in [-0.2, 0) is 43.4 Å². The maximum Gasteiger partial charge on any atom is 0.242 e. The molecule has 9 bridgehead atoms. The Kier molecular flexibility index (Phi) is 17.9. The smallest absolute Gasteiger partial charge is 0.242 e. The summed E-state index contributed by atoms with van der Waals surface area (Å²) in [5, 5.41) is 110. The van der Waals surface area contributed by atoms with Crippen LogP contribution in [0.4, 0.5) is 5.69 Å². The summed E-state index contributed by atoms with van der Waals surface area (Å²) >= 11 is 0. The van der Waals surface area contributed by atoms with E-state index in [4.69, 9.17) is 35.2 Å². The van der Waals surface area contributed by atoms with Crippen molar-refractivity contribution in [1.82, 2.24) is 31.9 Å². The van der Waals surface area contributed by atoms with Crippen LogP contribution in [-0.4, -0.2) is 192 Å². The molecule has 5 fully saturated rings. The van der Waals surface area contributed by atoms with Crippen LogP contribution in [0.25, 0.3) is 0 Å². The maximum atomic E-state index is 15.9. The highest BCUT2D eigenvalue weighted by atomic mass is 16.7. The number of ketones is 2. The number of para-hydroxylation sites is 1. The minimum Gasteiger partial charge on any atom is -0.486 e. The number of hydrogen-bond donors (Lipinski definition) is 15. The average molecular weight is 1410 g/mol. The number of ether oxygens (including phenoxy) is 5. The molecule has 1 spiro atoms. The van der Waals surface area contributed by atoms with Gasteiger partial charge in [-0.1, -0.05) is 60.7 Å². The van der Waals surface area contributed by atoms with Gasteiger partial charge in [0.25, 0.3) is 0 Å². The molecule has 103 heavy (non-hydrogen) atoms. The first-order valence-corrected chi connectivity index (χ1v) is 36.8. The van der Waals surface area contributed by atoms with E-state index < -0.39 is 141 Å². The highest BCUT2D eigenvalue weighted by molar-refractivity contribution is 6.29. The number of hydrogen-bond acceptors (Lipinski definition) is 24. The molecule has 5 aliphatic carbocycles. The Bertz CT molecular complexity index is 4300. The van der Waals surface area contributed by atoms with Gasteiger partial charge in [0, 0.05) is 83.4 Å². The van der Waals surface area contributed by atoms with Gasteiger partial charge in [-0.15, -0.1) is 0 Å². The van der Waals surface area contributed by atoms with Crippen molar-refractivity contribution in [2.75, 3.05) is 58.2 Å². The number of nitrogens with one attached hydrogen (secondary N) is 6. The predicted molar refractivity (Wildman–Crippen MR) is 373 cm³/mol. The zero-order chi connectivity index (χ0) is 71.1. The normalized spacial score (nSPS) is 36.3. The number of amides is 1. The number of aldehydes is 1. The molecule has 0 radical (unpaired) electrons. The Morgan fingerprint density at radius 1 is 0.922 bits per heavy atom. The molecular weight excluding hydrogens is 1320 g/mol. The highest BCUT2D eigenvalue weighted by Crippen LogP contribution is 2.66. The first-order valence-electron chi connectivity index (χ1n) is 36.8. The van der Waals surface area contributed by atoms with Crippen LogP contribution in [0.3, 0.4) is 0 Å². The summed E-state index contributed by atoms with van der Waals surface area (Å²) in [6.07, 6.45) is -4.91. The standard InChI is InChI=1S/C78H91N9O16/c1-81-29-42-24-37-23-39-15-19-78(98)56-33-99-31-41(11-14-55(39)92)57(46-6-2-3-8-54(46)87-35-83-64-73(87)85-76(80)86-74(64)97)51-28-50-60(66(94)49-25-36(30-90)9-12-44(49)65(50)93)68(100-32-43(91)17-21-88)67(51)103-75(102-56)69(71(78)96)101-34-77-52-16-20-82-72(79)61(52)63-59-40(27-38-5-4-7-53(38)84-63)10-13-47(62(59)77)58(42)48(26-37)45(18-22-89)70(77)95/h2-3,6,8-9,12,16,21,24-26,28,38-41,43,45,47,53,55-57,63-64,69-71,73,75-76,81-85,89-92,95-96,98H,4-5,7,10-11,13-14,17-18,20,22-23,27,29-35,79-80H2,1H3,(H,86,97)/t38-,39-,40-,41+,43-,45+,47-,53-,55+,56+,57+,63+,64+,69+,70+,71+,73+,75-,76+,77+,78+/m1/s1. The summed E-state index contributed by atoms with van der Waals surface area (Å²) in [5.74, 6) is 1.21. The van der Waals surface area contributed by atoms with Gasteiger partial charge in [0.15, 0.2) is 28.7 Å². The molecule has 25 heteroatoms. The van der Waals surface area contributed by atoms with Gasteiger partial charge in [-0.25, -0.2) is 0 Å². The van der Waals surface area contributed by atoms with Crippen molar-refractivity contribution in [1.29, 1.82) is 0 Å². The second-order valence-corrected chi connectivity index (χ2v) is 30.7. The lowest BCUT2D eigenvalue weighted by Crippen LogP contribution is -2.70. The molecule has 17 rings (SSSR count). The molecular formula is C78H91N9O16. The van der Waals surface area contributed by atoms with Crippen LogP contribution in [0.15, 0.2) is 94.9 Å². The third kappa shape index (κ3) is 11.0. The minimum absolute atomic E-state index is 0.0296. The van der Waals surface area contributed by atoms with Crippen molar-refractivity contribution in [2.24, 2.45) is 40.6 Å². The summed E-state index contributed by atoms with van der Waals surface area (Å²) < 4.78 is 36.3. The molecule has 1 amide bonds. The number of dihydropyridines is 1. The second-order valence-electron chi connectivity index (χ2n) is 30.7. The molecule has 8 heterocycles. The number of carbonyl (C=O) groups excluding carboxylic acids is 4. The number of carbonyl (C=O) groups is 4. The fourth-order valence-corrected chi connectivity index (χ4v) is 20.6. The lowest BCUT2D eigenvalue weighted by Gasteiger charge is -2.56. The van der Waals surface area contributed by atoms with Crippen molar-refractivity contribution >= 4 is 29.4 Å². The van der Waals surface area contributed by atoms with Crippen LogP contribution < -0.4 is 57.7 Å². The summed E-state index contributed by atoms with van der Waals surface area (Å²) in [5.41, 5.74) is 18.3. The van der Waals surface area contributed by atoms with Crippen molar-refractivity contribution in [3.63, 3.8) is 0 Å². The van der Waals surface area contributed by atoms with E-state index >= 15 is 9.59 Å². The first kappa shape index (κ1) is 68.6. The van der Waals surface area contributed by atoms with E-state index in [0.29, 0.717) is 47.8 Å². The number of aliphatic hydroxyl groups excluding tert-OH is 6. The van der Waals surface area contributed by atoms with Gasteiger partial charge in [0.1, 0.15) is 55.5 Å². The fraction of sp³-hybridized carbons (Fsp3) is 0.538. The van der Waals surface area contributed by atoms with Gasteiger partial charge in [-0.05, 0) is 157 Å². The molecule has 1 saturated carbocycles. The molecule has 4 aromatic rings. The van der Waals surface area contributed by atoms with Crippen LogP contribution in [0.2, 0.25) is 0 Å². The number of benzene rings is 4. The van der Waals surface area contributed by atoms with Crippen molar-refractivity contribution < 1.29 is 78.6 Å². The van der Waals surface area contributed by atoms with Crippen LogP contribution in [0, 0.1) is 40.9 Å². The Labute approximate surface area is 596 Å². The SMILES string of the molecule is CNCc1cc2cc3c1[C@H]1CC[C@@H]4C[C@H]5CCC[C@H]5N[C@@H]5C6=C(N)NCC=C6[C@@](CO[C@@H]6[C@H]7Oc8c(cc9c(c8OC[C@H](O)CC=O)C(=O)c8cc(CO)ccc8C9=O)[C@H](c8ccccc8N8CN[C@@H]9C(=O)N[C@@H](N)N[C@H]98)[C@H]8CC[C@H](O)[C@H](C#C[C@](O)([C@H](COC8)O7)[C@H]6O)C2)(C1=C45)[C@@H](O)[C@H]3CCO. The van der Waals surface area contributed by atoms with E-state index in [2.05, 4.69) is 62.0 Å². The van der Waals surface area contributed by atoms with E-state index in [1.54, 1.807) is 12.1 Å². The van der Waals surface area contributed by atoms with E-state index in [0.717, 1.165) is 76.7 Å². The number of aliphatic hydroxyl groups is 7. The number of nitrogens with zero attached hydrogens (tertiary/aromatic N) is 1. The largest absolute Gasteiger partial charge is 0.486 e. The number of rotatable bonds is 12. The number of fused-ring (bicyclic) bond motifs is 17. The predicted octanol–water partition coefficient (Wildman–Crippen LogP) is 1.28. The highest BCUT2D eigenvalue weighted by Gasteiger charge is 2.65. The van der Waals surface area contributed by atoms with Crippen LogP contribution in [0.1, 0.15) is 153 Å². The van der Waals surface area contributed by atoms with E-state index in [-0.39, 0.29) is 121 Å². The third-order valence-corrected chi connectivity index (χ3v) is 25.2.